The van der Waals surface area contributed by atoms with Crippen LogP contribution in [0.25, 0.3) is 0 Å². The van der Waals surface area contributed by atoms with Gasteiger partial charge in [-0.2, -0.15) is 0 Å². The summed E-state index contributed by atoms with van der Waals surface area (Å²) >= 11 is 0. The number of hydrogen-bond donors (Lipinski definition) is 0. The molecule has 112 valence electrons. The third-order valence-corrected chi connectivity index (χ3v) is 3.10. The lowest BCUT2D eigenvalue weighted by atomic mass is 10.1. The molecule has 0 fully saturated rings. The van der Waals surface area contributed by atoms with Crippen LogP contribution in [0.1, 0.15) is 62.9 Å². The van der Waals surface area contributed by atoms with Crippen molar-refractivity contribution in [1.82, 2.24) is 0 Å². The smallest absolute Gasteiger partial charge is 0.160 e. The molecule has 0 unspecified atom stereocenters. The number of benzene rings is 1. The van der Waals surface area contributed by atoms with Crippen molar-refractivity contribution in [3.63, 3.8) is 0 Å². The van der Waals surface area contributed by atoms with Gasteiger partial charge in [0.2, 0.25) is 0 Å². The second-order valence-corrected chi connectivity index (χ2v) is 4.80. The van der Waals surface area contributed by atoms with E-state index in [0.717, 1.165) is 36.3 Å². The van der Waals surface area contributed by atoms with Crippen LogP contribution in [0.2, 0.25) is 0 Å². The first kappa shape index (κ1) is 18.4. The molecule has 1 aromatic carbocycles. The van der Waals surface area contributed by atoms with Gasteiger partial charge in [0.05, 0.1) is 6.61 Å². The number of aryl methyl sites for hydroxylation is 1. The molecule has 0 aliphatic heterocycles. The van der Waals surface area contributed by atoms with E-state index < -0.39 is 0 Å². The maximum Gasteiger partial charge on any atom is 0.160 e. The van der Waals surface area contributed by atoms with Gasteiger partial charge in [0.15, 0.2) is 5.78 Å². The molecule has 0 spiro atoms. The summed E-state index contributed by atoms with van der Waals surface area (Å²) in [6.45, 7) is 6.33. The van der Waals surface area contributed by atoms with Crippen LogP contribution in [0.15, 0.2) is 30.4 Å². The van der Waals surface area contributed by atoms with E-state index >= 15 is 0 Å². The second-order valence-electron chi connectivity index (χ2n) is 4.80. The number of allylic oxidation sites excluding steroid dienone is 2. The molecule has 0 N–H and O–H groups in total. The Balaban J connectivity index is 0.00000361. The Morgan fingerprint density at radius 1 is 1.25 bits per heavy atom. The van der Waals surface area contributed by atoms with Crippen molar-refractivity contribution >= 4 is 5.78 Å². The molecule has 0 atom stereocenters. The molecule has 20 heavy (non-hydrogen) atoms. The molecule has 1 rings (SSSR count). The van der Waals surface area contributed by atoms with Gasteiger partial charge in [-0.05, 0) is 70.2 Å². The molecule has 0 bridgehead atoms. The highest BCUT2D eigenvalue weighted by atomic mass is 16.5. The molecule has 0 radical (unpaired) electrons. The number of unbranched alkanes of at least 4 members (excludes halogenated alkanes) is 3. The van der Waals surface area contributed by atoms with Crippen LogP contribution in [0.3, 0.4) is 0 Å². The standard InChI is InChI=1S/C17H24O2.CH4/c1-4-5-6-7-8-9-12-19-16-10-11-17(15(3)18)14(2)13-16;/h4-5,10-11,13H,6-9,12H2,1-3H3;1H4/b5-4-;. The molecule has 0 saturated carbocycles. The normalized spacial score (nSPS) is 10.3. The maximum atomic E-state index is 11.3. The number of ether oxygens (including phenoxy) is 1. The molecule has 0 aliphatic rings. The number of carbonyl (C=O) groups excluding carboxylic acids is 1. The fourth-order valence-corrected chi connectivity index (χ4v) is 2.02. The van der Waals surface area contributed by atoms with Crippen molar-refractivity contribution in [3.8, 4) is 5.75 Å². The monoisotopic (exact) mass is 276 g/mol. The summed E-state index contributed by atoms with van der Waals surface area (Å²) in [6, 6.07) is 5.67. The number of rotatable bonds is 8. The average Bonchev–Trinajstić information content (AvgIpc) is 2.37. The SMILES string of the molecule is C.C/C=C\CCCCCOc1ccc(C(C)=O)c(C)c1. The van der Waals surface area contributed by atoms with Crippen LogP contribution in [0, 0.1) is 6.92 Å². The number of hydrogen-bond acceptors (Lipinski definition) is 2. The number of Topliss-reactive ketones (excluding diaryl/α,β-unsaturated/α-hetero) is 1. The summed E-state index contributed by atoms with van der Waals surface area (Å²) in [6.07, 6.45) is 8.93. The highest BCUT2D eigenvalue weighted by molar-refractivity contribution is 5.95. The zero-order chi connectivity index (χ0) is 14.1. The highest BCUT2D eigenvalue weighted by Gasteiger charge is 2.04. The van der Waals surface area contributed by atoms with E-state index in [4.69, 9.17) is 4.74 Å². The zero-order valence-electron chi connectivity index (χ0n) is 12.2. The molecule has 1 aromatic rings. The average molecular weight is 276 g/mol. The van der Waals surface area contributed by atoms with Crippen LogP contribution in [0.5, 0.6) is 5.75 Å². The first-order chi connectivity index (χ1) is 9.15. The van der Waals surface area contributed by atoms with Crippen LogP contribution < -0.4 is 4.74 Å². The fraction of sp³-hybridized carbons (Fsp3) is 0.500. The van der Waals surface area contributed by atoms with E-state index in [-0.39, 0.29) is 13.2 Å². The summed E-state index contributed by atoms with van der Waals surface area (Å²) in [5, 5.41) is 0. The molecule has 0 aromatic heterocycles. The lowest BCUT2D eigenvalue weighted by Gasteiger charge is -2.08. The summed E-state index contributed by atoms with van der Waals surface area (Å²) in [4.78, 5) is 11.3. The largest absolute Gasteiger partial charge is 0.494 e. The third kappa shape index (κ3) is 6.55. The van der Waals surface area contributed by atoms with Crippen molar-refractivity contribution in [3.05, 3.63) is 41.5 Å². The minimum atomic E-state index is 0. The topological polar surface area (TPSA) is 26.3 Å². The quantitative estimate of drug-likeness (QED) is 0.363. The van der Waals surface area contributed by atoms with Crippen molar-refractivity contribution in [2.75, 3.05) is 6.61 Å². The van der Waals surface area contributed by atoms with E-state index in [1.54, 1.807) is 6.92 Å². The van der Waals surface area contributed by atoms with Gasteiger partial charge in [-0.25, -0.2) is 0 Å². The van der Waals surface area contributed by atoms with Gasteiger partial charge in [-0.15, -0.1) is 0 Å². The zero-order valence-corrected chi connectivity index (χ0v) is 12.2. The van der Waals surface area contributed by atoms with E-state index in [1.807, 2.05) is 25.1 Å². The molecule has 0 aliphatic carbocycles. The van der Waals surface area contributed by atoms with Crippen LogP contribution in [-0.4, -0.2) is 12.4 Å². The fourth-order valence-electron chi connectivity index (χ4n) is 2.02. The lowest BCUT2D eigenvalue weighted by molar-refractivity contribution is 0.101. The van der Waals surface area contributed by atoms with Gasteiger partial charge in [0, 0.05) is 5.56 Å². The first-order valence-electron chi connectivity index (χ1n) is 7.00. The Bertz CT molecular complexity index is 433. The van der Waals surface area contributed by atoms with Crippen LogP contribution >= 0.6 is 0 Å². The Hall–Kier alpha value is -1.57. The van der Waals surface area contributed by atoms with E-state index in [0.29, 0.717) is 0 Å². The van der Waals surface area contributed by atoms with Gasteiger partial charge >= 0.3 is 0 Å². The molecule has 2 heteroatoms. The van der Waals surface area contributed by atoms with E-state index in [2.05, 4.69) is 19.1 Å². The first-order valence-corrected chi connectivity index (χ1v) is 7.00. The Kier molecular flexibility index (Phi) is 9.44. The summed E-state index contributed by atoms with van der Waals surface area (Å²) in [5.41, 5.74) is 1.76. The Morgan fingerprint density at radius 2 is 2.00 bits per heavy atom. The maximum absolute atomic E-state index is 11.3. The highest BCUT2D eigenvalue weighted by Crippen LogP contribution is 2.18. The van der Waals surface area contributed by atoms with Gasteiger partial charge < -0.3 is 4.74 Å². The number of carbonyl (C=O) groups is 1. The van der Waals surface area contributed by atoms with Crippen LogP contribution in [-0.2, 0) is 0 Å². The Morgan fingerprint density at radius 3 is 2.60 bits per heavy atom. The molecular weight excluding hydrogens is 248 g/mol. The summed E-state index contributed by atoms with van der Waals surface area (Å²) in [7, 11) is 0. The van der Waals surface area contributed by atoms with Crippen molar-refractivity contribution in [2.24, 2.45) is 0 Å². The molecule has 0 amide bonds. The minimum Gasteiger partial charge on any atom is -0.494 e. The molecular formula is C18H28O2. The van der Waals surface area contributed by atoms with E-state index in [9.17, 15) is 4.79 Å². The van der Waals surface area contributed by atoms with E-state index in [1.165, 1.54) is 12.8 Å². The predicted molar refractivity (Wildman–Crippen MR) is 86.7 cm³/mol. The van der Waals surface area contributed by atoms with Gasteiger partial charge in [0.25, 0.3) is 0 Å². The third-order valence-electron chi connectivity index (χ3n) is 3.10. The Labute approximate surface area is 123 Å². The van der Waals surface area contributed by atoms with Crippen molar-refractivity contribution in [2.45, 2.75) is 53.9 Å². The predicted octanol–water partition coefficient (Wildman–Crippen LogP) is 5.35. The molecule has 0 saturated heterocycles. The molecule has 0 heterocycles. The molecule has 2 nitrogen and oxygen atoms in total. The minimum absolute atomic E-state index is 0. The van der Waals surface area contributed by atoms with Gasteiger partial charge in [-0.1, -0.05) is 19.6 Å². The number of ketones is 1. The summed E-state index contributed by atoms with van der Waals surface area (Å²) in [5.74, 6) is 0.962. The lowest BCUT2D eigenvalue weighted by Crippen LogP contribution is -2.00. The van der Waals surface area contributed by atoms with Crippen LogP contribution in [0.4, 0.5) is 0 Å². The summed E-state index contributed by atoms with van der Waals surface area (Å²) < 4.78 is 5.70. The van der Waals surface area contributed by atoms with Crippen molar-refractivity contribution in [1.29, 1.82) is 0 Å². The van der Waals surface area contributed by atoms with Gasteiger partial charge in [-0.3, -0.25) is 4.79 Å². The van der Waals surface area contributed by atoms with Gasteiger partial charge in [0.1, 0.15) is 5.75 Å². The second kappa shape index (κ2) is 10.2. The van der Waals surface area contributed by atoms with Crippen molar-refractivity contribution < 1.29 is 9.53 Å².